The molecule has 2 rings (SSSR count). The number of rotatable bonds is 3. The Kier molecular flexibility index (Phi) is 4.12. The normalized spacial score (nSPS) is 10.3. The van der Waals surface area contributed by atoms with Crippen LogP contribution in [0.15, 0.2) is 40.9 Å². The van der Waals surface area contributed by atoms with E-state index in [4.69, 9.17) is 16.3 Å². The van der Waals surface area contributed by atoms with Crippen molar-refractivity contribution in [3.63, 3.8) is 0 Å². The van der Waals surface area contributed by atoms with E-state index in [2.05, 4.69) is 15.9 Å². The molecule has 0 spiro atoms. The van der Waals surface area contributed by atoms with Gasteiger partial charge in [0.15, 0.2) is 0 Å². The van der Waals surface area contributed by atoms with Crippen LogP contribution in [0.1, 0.15) is 15.9 Å². The quantitative estimate of drug-likeness (QED) is 0.863. The predicted molar refractivity (Wildman–Crippen MR) is 77.4 cm³/mol. The predicted octanol–water partition coefficient (Wildman–Crippen LogP) is 4.90. The molecule has 2 aromatic rings. The summed E-state index contributed by atoms with van der Waals surface area (Å²) in [6, 6.07) is 10.2. The smallest absolute Gasteiger partial charge is 0.340 e. The summed E-state index contributed by atoms with van der Waals surface area (Å²) in [7, 11) is 0. The van der Waals surface area contributed by atoms with Gasteiger partial charge in [-0.2, -0.15) is 0 Å². The Bertz CT molecular complexity index is 641. The lowest BCUT2D eigenvalue weighted by molar-refractivity contribution is 0.0693. The number of hydrogen-bond donors (Lipinski definition) is 1. The van der Waals surface area contributed by atoms with Gasteiger partial charge in [0.05, 0.1) is 0 Å². The van der Waals surface area contributed by atoms with Crippen molar-refractivity contribution in [1.82, 2.24) is 0 Å². The zero-order valence-corrected chi connectivity index (χ0v) is 12.3. The van der Waals surface area contributed by atoms with Crippen LogP contribution >= 0.6 is 27.5 Å². The highest BCUT2D eigenvalue weighted by molar-refractivity contribution is 9.10. The minimum atomic E-state index is -1.05. The molecule has 0 radical (unpaired) electrons. The van der Waals surface area contributed by atoms with Crippen molar-refractivity contribution in [3.05, 3.63) is 57.0 Å². The van der Waals surface area contributed by atoms with Crippen LogP contribution in [0.25, 0.3) is 0 Å². The van der Waals surface area contributed by atoms with E-state index in [9.17, 15) is 9.90 Å². The van der Waals surface area contributed by atoms with E-state index in [1.807, 2.05) is 6.92 Å². The number of aromatic carboxylic acids is 1. The third-order valence-electron chi connectivity index (χ3n) is 2.55. The van der Waals surface area contributed by atoms with Crippen LogP contribution in [0.2, 0.25) is 5.02 Å². The lowest BCUT2D eigenvalue weighted by atomic mass is 10.2. The topological polar surface area (TPSA) is 46.5 Å². The summed E-state index contributed by atoms with van der Waals surface area (Å²) in [6.45, 7) is 1.85. The fourth-order valence-electron chi connectivity index (χ4n) is 1.64. The highest BCUT2D eigenvalue weighted by Crippen LogP contribution is 2.32. The van der Waals surface area contributed by atoms with Gasteiger partial charge in [-0.15, -0.1) is 0 Å². The van der Waals surface area contributed by atoms with Gasteiger partial charge in [-0.05, 0) is 58.7 Å². The van der Waals surface area contributed by atoms with Crippen LogP contribution in [0.5, 0.6) is 11.5 Å². The van der Waals surface area contributed by atoms with Crippen molar-refractivity contribution in [1.29, 1.82) is 0 Å². The van der Waals surface area contributed by atoms with Crippen molar-refractivity contribution in [2.75, 3.05) is 0 Å². The van der Waals surface area contributed by atoms with Gasteiger partial charge in [-0.1, -0.05) is 17.7 Å². The van der Waals surface area contributed by atoms with Gasteiger partial charge >= 0.3 is 5.97 Å². The molecule has 0 fully saturated rings. The van der Waals surface area contributed by atoms with Gasteiger partial charge in [-0.3, -0.25) is 0 Å². The van der Waals surface area contributed by atoms with E-state index in [1.165, 1.54) is 0 Å². The first kappa shape index (κ1) is 13.9. The average Bonchev–Trinajstić information content (AvgIpc) is 2.32. The summed E-state index contributed by atoms with van der Waals surface area (Å²) in [4.78, 5) is 11.2. The van der Waals surface area contributed by atoms with Crippen LogP contribution in [0.4, 0.5) is 0 Å². The Morgan fingerprint density at radius 2 is 2.00 bits per heavy atom. The maximum absolute atomic E-state index is 11.2. The highest BCUT2D eigenvalue weighted by Gasteiger charge is 2.16. The Labute approximate surface area is 123 Å². The summed E-state index contributed by atoms with van der Waals surface area (Å²) < 4.78 is 6.14. The molecule has 0 saturated carbocycles. The van der Waals surface area contributed by atoms with E-state index in [1.54, 1.807) is 36.4 Å². The van der Waals surface area contributed by atoms with Crippen molar-refractivity contribution in [2.45, 2.75) is 6.92 Å². The number of carboxylic acids is 1. The van der Waals surface area contributed by atoms with Crippen LogP contribution in [0.3, 0.4) is 0 Å². The number of halogens is 2. The number of benzene rings is 2. The van der Waals surface area contributed by atoms with E-state index in [0.717, 1.165) is 5.56 Å². The van der Waals surface area contributed by atoms with Gasteiger partial charge in [0.1, 0.15) is 17.1 Å². The Morgan fingerprint density at radius 1 is 1.26 bits per heavy atom. The van der Waals surface area contributed by atoms with Gasteiger partial charge in [0.2, 0.25) is 0 Å². The van der Waals surface area contributed by atoms with Crippen LogP contribution in [0, 0.1) is 6.92 Å². The van der Waals surface area contributed by atoms with Gasteiger partial charge in [0, 0.05) is 9.50 Å². The second kappa shape index (κ2) is 5.63. The van der Waals surface area contributed by atoms with Crippen LogP contribution in [-0.4, -0.2) is 11.1 Å². The van der Waals surface area contributed by atoms with E-state index < -0.39 is 5.97 Å². The first-order valence-electron chi connectivity index (χ1n) is 5.45. The number of carboxylic acid groups (broad SMARTS) is 1. The molecule has 3 nitrogen and oxygen atoms in total. The monoisotopic (exact) mass is 340 g/mol. The molecule has 98 valence electrons. The summed E-state index contributed by atoms with van der Waals surface area (Å²) in [5.41, 5.74) is 0.931. The standard InChI is InChI=1S/C14H10BrClO3/c1-8-7-9(16)5-6-11(8)19-12-4-2-3-10(15)13(12)14(17)18/h2-7H,1H3,(H,17,18). The summed E-state index contributed by atoms with van der Waals surface area (Å²) >= 11 is 9.08. The summed E-state index contributed by atoms with van der Waals surface area (Å²) in [5.74, 6) is -0.189. The van der Waals surface area contributed by atoms with E-state index in [-0.39, 0.29) is 11.3 Å². The average molecular weight is 342 g/mol. The summed E-state index contributed by atoms with van der Waals surface area (Å²) in [5, 5.41) is 9.82. The molecular weight excluding hydrogens is 332 g/mol. The van der Waals surface area contributed by atoms with Crippen molar-refractivity contribution < 1.29 is 14.6 Å². The fraction of sp³-hybridized carbons (Fsp3) is 0.0714. The molecular formula is C14H10BrClO3. The lowest BCUT2D eigenvalue weighted by Gasteiger charge is -2.12. The molecule has 0 heterocycles. The molecule has 1 N–H and O–H groups in total. The molecule has 0 unspecified atom stereocenters. The molecule has 0 saturated heterocycles. The van der Waals surface area contributed by atoms with Crippen LogP contribution in [-0.2, 0) is 0 Å². The SMILES string of the molecule is Cc1cc(Cl)ccc1Oc1cccc(Br)c1C(=O)O. The highest BCUT2D eigenvalue weighted by atomic mass is 79.9. The molecule has 5 heteroatoms. The molecule has 0 aliphatic heterocycles. The first-order chi connectivity index (χ1) is 8.99. The zero-order chi connectivity index (χ0) is 14.0. The number of aryl methyl sites for hydroxylation is 1. The minimum absolute atomic E-state index is 0.0943. The van der Waals surface area contributed by atoms with Crippen LogP contribution < -0.4 is 4.74 Å². The summed E-state index contributed by atoms with van der Waals surface area (Å²) in [6.07, 6.45) is 0. The van der Waals surface area contributed by atoms with Crippen molar-refractivity contribution in [2.24, 2.45) is 0 Å². The molecule has 0 bridgehead atoms. The first-order valence-corrected chi connectivity index (χ1v) is 6.62. The largest absolute Gasteiger partial charge is 0.478 e. The number of carbonyl (C=O) groups is 1. The minimum Gasteiger partial charge on any atom is -0.478 e. The zero-order valence-electron chi connectivity index (χ0n) is 9.98. The van der Waals surface area contributed by atoms with Crippen molar-refractivity contribution >= 4 is 33.5 Å². The molecule has 0 aliphatic carbocycles. The second-order valence-corrected chi connectivity index (χ2v) is 5.22. The Balaban J connectivity index is 2.44. The number of ether oxygens (including phenoxy) is 1. The van der Waals surface area contributed by atoms with E-state index in [0.29, 0.717) is 15.2 Å². The van der Waals surface area contributed by atoms with Gasteiger partial charge < -0.3 is 9.84 Å². The molecule has 0 aromatic heterocycles. The third kappa shape index (κ3) is 3.08. The lowest BCUT2D eigenvalue weighted by Crippen LogP contribution is -2.01. The molecule has 2 aromatic carbocycles. The maximum atomic E-state index is 11.2. The van der Waals surface area contributed by atoms with Gasteiger partial charge in [-0.25, -0.2) is 4.79 Å². The third-order valence-corrected chi connectivity index (χ3v) is 3.44. The maximum Gasteiger partial charge on any atom is 0.340 e. The second-order valence-electron chi connectivity index (χ2n) is 3.93. The van der Waals surface area contributed by atoms with E-state index >= 15 is 0 Å². The van der Waals surface area contributed by atoms with Crippen molar-refractivity contribution in [3.8, 4) is 11.5 Å². The molecule has 0 atom stereocenters. The molecule has 0 amide bonds. The van der Waals surface area contributed by atoms with Gasteiger partial charge in [0.25, 0.3) is 0 Å². The number of hydrogen-bond acceptors (Lipinski definition) is 2. The molecule has 19 heavy (non-hydrogen) atoms. The fourth-order valence-corrected chi connectivity index (χ4v) is 2.39. The molecule has 0 aliphatic rings. The Hall–Kier alpha value is -1.52. The Morgan fingerprint density at radius 3 is 2.63 bits per heavy atom.